The highest BCUT2D eigenvalue weighted by atomic mass is 32.2. The summed E-state index contributed by atoms with van der Waals surface area (Å²) in [5.41, 5.74) is 0.112. The summed E-state index contributed by atoms with van der Waals surface area (Å²) in [4.78, 5) is 4.21. The van der Waals surface area contributed by atoms with Crippen molar-refractivity contribution < 1.29 is 8.73 Å². The van der Waals surface area contributed by atoms with Crippen molar-refractivity contribution in [2.75, 3.05) is 6.26 Å². The molecule has 72 valence electrons. The van der Waals surface area contributed by atoms with E-state index in [1.54, 1.807) is 6.26 Å². The van der Waals surface area contributed by atoms with Crippen LogP contribution in [0.1, 0.15) is 31.5 Å². The molecular weight excluding hydrogens is 188 g/mol. The molecule has 0 aliphatic heterocycles. The topological polar surface area (TPSA) is 56.0 Å². The summed E-state index contributed by atoms with van der Waals surface area (Å²) in [6, 6.07) is 0. The normalized spacial score (nSPS) is 21.4. The lowest BCUT2D eigenvalue weighted by atomic mass is 10.1. The number of aromatic nitrogens is 2. The van der Waals surface area contributed by atoms with Crippen molar-refractivity contribution in [1.82, 2.24) is 10.1 Å². The van der Waals surface area contributed by atoms with Crippen molar-refractivity contribution in [1.29, 1.82) is 0 Å². The van der Waals surface area contributed by atoms with Crippen LogP contribution in [0.15, 0.2) is 4.52 Å². The zero-order valence-corrected chi connectivity index (χ0v) is 8.56. The van der Waals surface area contributed by atoms with Gasteiger partial charge in [0.25, 0.3) is 0 Å². The molecule has 0 spiro atoms. The molecule has 1 atom stereocenters. The summed E-state index contributed by atoms with van der Waals surface area (Å²) in [5.74, 6) is 1.65. The average Bonchev–Trinajstić information content (AvgIpc) is 2.62. The van der Waals surface area contributed by atoms with Gasteiger partial charge in [0.15, 0.2) is 5.82 Å². The molecule has 2 rings (SSSR count). The molecule has 0 bridgehead atoms. The Morgan fingerprint density at radius 2 is 2.31 bits per heavy atom. The maximum atomic E-state index is 10.9. The SMILES string of the molecule is CS(=O)Cc1noc(C2(C)CC2)n1. The lowest BCUT2D eigenvalue weighted by Gasteiger charge is -1.96. The molecule has 0 N–H and O–H groups in total. The monoisotopic (exact) mass is 200 g/mol. The van der Waals surface area contributed by atoms with Crippen LogP contribution < -0.4 is 0 Å². The highest BCUT2D eigenvalue weighted by Crippen LogP contribution is 2.46. The molecular formula is C8H12N2O2S. The molecule has 0 saturated heterocycles. The van der Waals surface area contributed by atoms with E-state index in [0.717, 1.165) is 12.8 Å². The quantitative estimate of drug-likeness (QED) is 0.730. The van der Waals surface area contributed by atoms with E-state index in [2.05, 4.69) is 17.1 Å². The second-order valence-corrected chi connectivity index (χ2v) is 5.23. The van der Waals surface area contributed by atoms with Crippen LogP contribution in [-0.4, -0.2) is 20.6 Å². The average molecular weight is 200 g/mol. The predicted molar refractivity (Wildman–Crippen MR) is 48.7 cm³/mol. The van der Waals surface area contributed by atoms with E-state index in [1.807, 2.05) is 0 Å². The Bertz CT molecular complexity index is 344. The van der Waals surface area contributed by atoms with Crippen molar-refractivity contribution in [2.24, 2.45) is 0 Å². The zero-order valence-electron chi connectivity index (χ0n) is 7.74. The van der Waals surface area contributed by atoms with Crippen molar-refractivity contribution in [3.8, 4) is 0 Å². The van der Waals surface area contributed by atoms with Crippen molar-refractivity contribution >= 4 is 10.8 Å². The van der Waals surface area contributed by atoms with Gasteiger partial charge >= 0.3 is 0 Å². The molecule has 13 heavy (non-hydrogen) atoms. The Morgan fingerprint density at radius 1 is 1.62 bits per heavy atom. The Hall–Kier alpha value is -0.710. The van der Waals surface area contributed by atoms with Crippen LogP contribution in [0.3, 0.4) is 0 Å². The van der Waals surface area contributed by atoms with Crippen LogP contribution in [0.25, 0.3) is 0 Å². The molecule has 1 aliphatic rings. The standard InChI is InChI=1S/C8H12N2O2S/c1-8(3-4-8)7-9-6(10-12-7)5-13(2)11/h3-5H2,1-2H3. The molecule has 1 fully saturated rings. The summed E-state index contributed by atoms with van der Waals surface area (Å²) in [6.07, 6.45) is 3.86. The molecule has 1 unspecified atom stereocenters. The van der Waals surface area contributed by atoms with E-state index in [-0.39, 0.29) is 5.41 Å². The molecule has 1 aliphatic carbocycles. The first-order valence-electron chi connectivity index (χ1n) is 4.23. The largest absolute Gasteiger partial charge is 0.339 e. The Kier molecular flexibility index (Phi) is 1.98. The number of rotatable bonds is 3. The highest BCUT2D eigenvalue weighted by Gasteiger charge is 2.44. The van der Waals surface area contributed by atoms with Gasteiger partial charge in [0.1, 0.15) is 0 Å². The predicted octanol–water partition coefficient (Wildman–Crippen LogP) is 1.000. The maximum Gasteiger partial charge on any atom is 0.232 e. The van der Waals surface area contributed by atoms with Crippen molar-refractivity contribution in [3.63, 3.8) is 0 Å². The Labute approximate surface area is 79.2 Å². The number of nitrogens with zero attached hydrogens (tertiary/aromatic N) is 2. The smallest absolute Gasteiger partial charge is 0.232 e. The Balaban J connectivity index is 2.14. The van der Waals surface area contributed by atoms with Gasteiger partial charge in [-0.2, -0.15) is 4.98 Å². The molecule has 0 aromatic carbocycles. The fraction of sp³-hybridized carbons (Fsp3) is 0.750. The van der Waals surface area contributed by atoms with E-state index in [0.29, 0.717) is 17.5 Å². The first kappa shape index (κ1) is 8.87. The minimum atomic E-state index is -0.895. The molecule has 5 heteroatoms. The van der Waals surface area contributed by atoms with E-state index < -0.39 is 10.8 Å². The van der Waals surface area contributed by atoms with Gasteiger partial charge in [0, 0.05) is 22.5 Å². The van der Waals surface area contributed by atoms with Gasteiger partial charge in [-0.1, -0.05) is 12.1 Å². The van der Waals surface area contributed by atoms with Crippen LogP contribution in [-0.2, 0) is 22.0 Å². The third-order valence-electron chi connectivity index (χ3n) is 2.32. The molecule has 4 nitrogen and oxygen atoms in total. The van der Waals surface area contributed by atoms with Crippen LogP contribution in [0.2, 0.25) is 0 Å². The minimum absolute atomic E-state index is 0.112. The minimum Gasteiger partial charge on any atom is -0.339 e. The fourth-order valence-corrected chi connectivity index (χ4v) is 1.62. The molecule has 0 amide bonds. The number of hydrogen-bond acceptors (Lipinski definition) is 4. The molecule has 0 radical (unpaired) electrons. The van der Waals surface area contributed by atoms with Crippen LogP contribution in [0.5, 0.6) is 0 Å². The van der Waals surface area contributed by atoms with E-state index in [1.165, 1.54) is 0 Å². The van der Waals surface area contributed by atoms with E-state index in [4.69, 9.17) is 4.52 Å². The third-order valence-corrected chi connectivity index (χ3v) is 2.98. The maximum absolute atomic E-state index is 10.9. The summed E-state index contributed by atoms with van der Waals surface area (Å²) in [7, 11) is -0.895. The third kappa shape index (κ3) is 1.80. The summed E-state index contributed by atoms with van der Waals surface area (Å²) in [6.45, 7) is 2.10. The lowest BCUT2D eigenvalue weighted by molar-refractivity contribution is 0.350. The summed E-state index contributed by atoms with van der Waals surface area (Å²) < 4.78 is 16.0. The van der Waals surface area contributed by atoms with Gasteiger partial charge < -0.3 is 4.52 Å². The molecule has 1 aromatic rings. The van der Waals surface area contributed by atoms with Crippen LogP contribution in [0.4, 0.5) is 0 Å². The number of hydrogen-bond donors (Lipinski definition) is 0. The second-order valence-electron chi connectivity index (χ2n) is 3.79. The van der Waals surface area contributed by atoms with Gasteiger partial charge in [-0.15, -0.1) is 0 Å². The van der Waals surface area contributed by atoms with E-state index >= 15 is 0 Å². The first-order valence-corrected chi connectivity index (χ1v) is 5.96. The fourth-order valence-electron chi connectivity index (χ4n) is 1.14. The molecule has 1 saturated carbocycles. The highest BCUT2D eigenvalue weighted by molar-refractivity contribution is 7.83. The van der Waals surface area contributed by atoms with Gasteiger partial charge in [0.05, 0.1) is 5.75 Å². The van der Waals surface area contributed by atoms with Crippen molar-refractivity contribution in [2.45, 2.75) is 30.9 Å². The Morgan fingerprint density at radius 3 is 2.85 bits per heavy atom. The summed E-state index contributed by atoms with van der Waals surface area (Å²) >= 11 is 0. The first-order chi connectivity index (χ1) is 6.10. The zero-order chi connectivity index (χ0) is 9.47. The molecule has 1 heterocycles. The van der Waals surface area contributed by atoms with Crippen LogP contribution >= 0.6 is 0 Å². The summed E-state index contributed by atoms with van der Waals surface area (Å²) in [5, 5.41) is 3.78. The lowest BCUT2D eigenvalue weighted by Crippen LogP contribution is -2.01. The van der Waals surface area contributed by atoms with E-state index in [9.17, 15) is 4.21 Å². The second kappa shape index (κ2) is 2.90. The van der Waals surface area contributed by atoms with Gasteiger partial charge in [-0.25, -0.2) is 0 Å². The van der Waals surface area contributed by atoms with Crippen molar-refractivity contribution in [3.05, 3.63) is 11.7 Å². The van der Waals surface area contributed by atoms with Gasteiger partial charge in [-0.3, -0.25) is 4.21 Å². The van der Waals surface area contributed by atoms with Gasteiger partial charge in [0.2, 0.25) is 5.89 Å². The van der Waals surface area contributed by atoms with Gasteiger partial charge in [-0.05, 0) is 12.8 Å². The van der Waals surface area contributed by atoms with Crippen LogP contribution in [0, 0.1) is 0 Å². The molecule has 1 aromatic heterocycles.